The van der Waals surface area contributed by atoms with Gasteiger partial charge < -0.3 is 10.2 Å². The summed E-state index contributed by atoms with van der Waals surface area (Å²) in [4.78, 5) is 49.4. The molecule has 1 aromatic heterocycles. The number of nitro groups is 1. The molecule has 1 aliphatic rings. The predicted molar refractivity (Wildman–Crippen MR) is 126 cm³/mol. The molecule has 4 rings (SSSR count). The fourth-order valence-electron chi connectivity index (χ4n) is 3.85. The number of hydrogen-bond donors (Lipinski definition) is 2. The van der Waals surface area contributed by atoms with Crippen LogP contribution in [-0.2, 0) is 9.59 Å². The monoisotopic (exact) mass is 461 g/mol. The zero-order chi connectivity index (χ0) is 24.4. The van der Waals surface area contributed by atoms with Crippen LogP contribution < -0.4 is 15.6 Å². The Kier molecular flexibility index (Phi) is 6.13. The minimum absolute atomic E-state index is 0.0406. The van der Waals surface area contributed by atoms with Crippen molar-refractivity contribution in [1.29, 1.82) is 0 Å². The third-order valence-electron chi connectivity index (χ3n) is 5.77. The van der Waals surface area contributed by atoms with Gasteiger partial charge in [-0.2, -0.15) is 0 Å². The van der Waals surface area contributed by atoms with E-state index >= 15 is 0 Å². The molecule has 1 fully saturated rings. The number of aromatic nitrogens is 1. The second-order valence-electron chi connectivity index (χ2n) is 8.14. The van der Waals surface area contributed by atoms with Gasteiger partial charge in [-0.15, -0.1) is 0 Å². The lowest BCUT2D eigenvalue weighted by Gasteiger charge is -2.16. The largest absolute Gasteiger partial charge is 0.326 e. The van der Waals surface area contributed by atoms with Gasteiger partial charge in [0, 0.05) is 53.4 Å². The van der Waals surface area contributed by atoms with E-state index in [4.69, 9.17) is 0 Å². The highest BCUT2D eigenvalue weighted by Crippen LogP contribution is 2.27. The maximum atomic E-state index is 12.7. The van der Waals surface area contributed by atoms with Crippen LogP contribution in [0.15, 0.2) is 60.7 Å². The maximum absolute atomic E-state index is 12.7. The lowest BCUT2D eigenvalue weighted by Crippen LogP contribution is -2.28. The van der Waals surface area contributed by atoms with E-state index in [1.54, 1.807) is 28.9 Å². The SMILES string of the molecule is Cc1ccc(C)n1NC(=O)c1ccc(NC(=O)[C@H]2CC(=O)N(c3ccc([N+](=O)[O-])cc3)C2)cc1. The fraction of sp³-hybridized carbons (Fsp3) is 0.208. The summed E-state index contributed by atoms with van der Waals surface area (Å²) >= 11 is 0. The first kappa shape index (κ1) is 22.7. The van der Waals surface area contributed by atoms with Gasteiger partial charge in [-0.25, -0.2) is 0 Å². The number of nitrogens with zero attached hydrogens (tertiary/aromatic N) is 3. The first-order valence-electron chi connectivity index (χ1n) is 10.6. The van der Waals surface area contributed by atoms with E-state index < -0.39 is 10.8 Å². The second kappa shape index (κ2) is 9.18. The molecule has 0 saturated carbocycles. The van der Waals surface area contributed by atoms with Crippen LogP contribution in [0.2, 0.25) is 0 Å². The molecule has 174 valence electrons. The molecule has 0 aliphatic carbocycles. The van der Waals surface area contributed by atoms with Crippen molar-refractivity contribution < 1.29 is 19.3 Å². The molecule has 1 atom stereocenters. The number of nitro benzene ring substituents is 1. The fourth-order valence-corrected chi connectivity index (χ4v) is 3.85. The van der Waals surface area contributed by atoms with E-state index in [0.29, 0.717) is 16.9 Å². The van der Waals surface area contributed by atoms with Crippen molar-refractivity contribution in [2.75, 3.05) is 22.2 Å². The van der Waals surface area contributed by atoms with Crippen molar-refractivity contribution in [3.05, 3.63) is 87.7 Å². The molecule has 0 radical (unpaired) electrons. The van der Waals surface area contributed by atoms with Crippen LogP contribution in [0.1, 0.15) is 28.2 Å². The number of rotatable bonds is 6. The summed E-state index contributed by atoms with van der Waals surface area (Å²) in [7, 11) is 0. The van der Waals surface area contributed by atoms with E-state index in [0.717, 1.165) is 11.4 Å². The number of aryl methyl sites for hydroxylation is 2. The number of benzene rings is 2. The first-order valence-corrected chi connectivity index (χ1v) is 10.6. The summed E-state index contributed by atoms with van der Waals surface area (Å²) in [5, 5.41) is 13.6. The van der Waals surface area contributed by atoms with Crippen molar-refractivity contribution in [3.8, 4) is 0 Å². The van der Waals surface area contributed by atoms with Crippen molar-refractivity contribution in [1.82, 2.24) is 4.68 Å². The van der Waals surface area contributed by atoms with Gasteiger partial charge in [0.1, 0.15) is 0 Å². The second-order valence-corrected chi connectivity index (χ2v) is 8.14. The first-order chi connectivity index (χ1) is 16.2. The van der Waals surface area contributed by atoms with Crippen LogP contribution in [0.25, 0.3) is 0 Å². The lowest BCUT2D eigenvalue weighted by molar-refractivity contribution is -0.384. The van der Waals surface area contributed by atoms with Crippen LogP contribution in [0, 0.1) is 29.9 Å². The van der Waals surface area contributed by atoms with E-state index in [2.05, 4.69) is 10.7 Å². The Balaban J connectivity index is 1.37. The molecule has 1 saturated heterocycles. The van der Waals surface area contributed by atoms with Gasteiger partial charge in [0.15, 0.2) is 0 Å². The molecule has 1 aliphatic heterocycles. The zero-order valence-corrected chi connectivity index (χ0v) is 18.6. The number of carbonyl (C=O) groups is 3. The van der Waals surface area contributed by atoms with E-state index in [-0.39, 0.29) is 36.4 Å². The molecule has 3 amide bonds. The number of amides is 3. The molecule has 0 spiro atoms. The van der Waals surface area contributed by atoms with Crippen molar-refractivity contribution in [2.24, 2.45) is 5.92 Å². The Morgan fingerprint density at radius 1 is 0.971 bits per heavy atom. The van der Waals surface area contributed by atoms with Gasteiger partial charge >= 0.3 is 0 Å². The van der Waals surface area contributed by atoms with Crippen LogP contribution in [0.3, 0.4) is 0 Å². The molecule has 2 heterocycles. The molecule has 10 nitrogen and oxygen atoms in total. The molecular formula is C24H23N5O5. The summed E-state index contributed by atoms with van der Waals surface area (Å²) in [6, 6.07) is 16.0. The van der Waals surface area contributed by atoms with Gasteiger partial charge in [-0.1, -0.05) is 0 Å². The maximum Gasteiger partial charge on any atom is 0.270 e. The van der Waals surface area contributed by atoms with Crippen molar-refractivity contribution in [3.63, 3.8) is 0 Å². The zero-order valence-electron chi connectivity index (χ0n) is 18.6. The predicted octanol–water partition coefficient (Wildman–Crippen LogP) is 3.39. The molecular weight excluding hydrogens is 438 g/mol. The minimum atomic E-state index is -0.564. The van der Waals surface area contributed by atoms with Crippen LogP contribution in [0.5, 0.6) is 0 Å². The third-order valence-corrected chi connectivity index (χ3v) is 5.77. The average Bonchev–Trinajstić information content (AvgIpc) is 3.36. The Bertz CT molecular complexity index is 1240. The average molecular weight is 461 g/mol. The summed E-state index contributed by atoms with van der Waals surface area (Å²) in [5.41, 5.74) is 6.02. The molecule has 0 unspecified atom stereocenters. The Labute approximate surface area is 195 Å². The van der Waals surface area contributed by atoms with E-state index in [9.17, 15) is 24.5 Å². The molecule has 2 N–H and O–H groups in total. The topological polar surface area (TPSA) is 127 Å². The number of carbonyl (C=O) groups excluding carboxylic acids is 3. The number of hydrogen-bond acceptors (Lipinski definition) is 5. The minimum Gasteiger partial charge on any atom is -0.326 e. The van der Waals surface area contributed by atoms with Gasteiger partial charge in [0.05, 0.1) is 10.8 Å². The number of non-ortho nitro benzene ring substituents is 1. The quantitative estimate of drug-likeness (QED) is 0.430. The highest BCUT2D eigenvalue weighted by atomic mass is 16.6. The summed E-state index contributed by atoms with van der Waals surface area (Å²) in [6.07, 6.45) is 0.0406. The highest BCUT2D eigenvalue weighted by molar-refractivity contribution is 6.04. The van der Waals surface area contributed by atoms with Crippen LogP contribution in [0.4, 0.5) is 17.1 Å². The molecule has 0 bridgehead atoms. The Hall–Kier alpha value is -4.47. The molecule has 3 aromatic rings. The number of nitrogens with one attached hydrogen (secondary N) is 2. The molecule has 34 heavy (non-hydrogen) atoms. The van der Waals surface area contributed by atoms with E-state index in [1.165, 1.54) is 29.2 Å². The molecule has 2 aromatic carbocycles. The highest BCUT2D eigenvalue weighted by Gasteiger charge is 2.35. The van der Waals surface area contributed by atoms with Gasteiger partial charge in [0.2, 0.25) is 11.8 Å². The summed E-state index contributed by atoms with van der Waals surface area (Å²) in [6.45, 7) is 3.96. The van der Waals surface area contributed by atoms with Crippen molar-refractivity contribution in [2.45, 2.75) is 20.3 Å². The number of anilines is 2. The van der Waals surface area contributed by atoms with Crippen LogP contribution in [-0.4, -0.2) is 33.9 Å². The van der Waals surface area contributed by atoms with Gasteiger partial charge in [0.25, 0.3) is 11.6 Å². The summed E-state index contributed by atoms with van der Waals surface area (Å²) in [5.74, 6) is -1.38. The Morgan fingerprint density at radius 3 is 2.18 bits per heavy atom. The normalized spacial score (nSPS) is 15.3. The van der Waals surface area contributed by atoms with Crippen LogP contribution >= 0.6 is 0 Å². The van der Waals surface area contributed by atoms with Crippen molar-refractivity contribution >= 4 is 34.8 Å². The standard InChI is InChI=1S/C24H23N5O5/c1-15-3-4-16(2)28(15)26-24(32)17-5-7-19(8-6-17)25-23(31)18-13-22(30)27(14-18)20-9-11-21(12-10-20)29(33)34/h3-12,18H,13-14H2,1-2H3,(H,25,31)(H,26,32)/t18-/m0/s1. The lowest BCUT2D eigenvalue weighted by atomic mass is 10.1. The van der Waals surface area contributed by atoms with Gasteiger partial charge in [-0.05, 0) is 62.4 Å². The Morgan fingerprint density at radius 2 is 1.59 bits per heavy atom. The smallest absolute Gasteiger partial charge is 0.270 e. The third kappa shape index (κ3) is 4.65. The van der Waals surface area contributed by atoms with E-state index in [1.807, 2.05) is 26.0 Å². The molecule has 10 heteroatoms. The summed E-state index contributed by atoms with van der Waals surface area (Å²) < 4.78 is 1.70. The van der Waals surface area contributed by atoms with Gasteiger partial charge in [-0.3, -0.25) is 34.6 Å².